The summed E-state index contributed by atoms with van der Waals surface area (Å²) in [6.45, 7) is 5.33. The van der Waals surface area contributed by atoms with Crippen molar-refractivity contribution in [3.05, 3.63) is 0 Å². The van der Waals surface area contributed by atoms with Crippen molar-refractivity contribution in [1.29, 1.82) is 0 Å². The predicted octanol–water partition coefficient (Wildman–Crippen LogP) is 3.74. The summed E-state index contributed by atoms with van der Waals surface area (Å²) in [4.78, 5) is 0. The highest BCUT2D eigenvalue weighted by molar-refractivity contribution is 4.69. The lowest BCUT2D eigenvalue weighted by Crippen LogP contribution is -2.28. The van der Waals surface area contributed by atoms with Gasteiger partial charge in [-0.05, 0) is 18.8 Å². The number of nitrogens with two attached hydrogens (primary N) is 1. The van der Waals surface area contributed by atoms with E-state index in [4.69, 9.17) is 10.5 Å². The number of unbranched alkanes of at least 4 members (excludes halogenated alkanes) is 5. The highest BCUT2D eigenvalue weighted by atomic mass is 16.5. The SMILES string of the molecule is CCCCCCCCC(N)C(C)CCOC. The second-order valence-electron chi connectivity index (χ2n) is 4.98. The Morgan fingerprint density at radius 1 is 1.00 bits per heavy atom. The molecular weight excluding hydrogens is 198 g/mol. The maximum absolute atomic E-state index is 6.14. The normalized spacial score (nSPS) is 15.0. The van der Waals surface area contributed by atoms with E-state index in [1.807, 2.05) is 0 Å². The van der Waals surface area contributed by atoms with Crippen LogP contribution in [-0.2, 0) is 4.74 Å². The summed E-state index contributed by atoms with van der Waals surface area (Å²) >= 11 is 0. The molecule has 0 saturated carbocycles. The van der Waals surface area contributed by atoms with Crippen LogP contribution in [0, 0.1) is 5.92 Å². The lowest BCUT2D eigenvalue weighted by Gasteiger charge is -2.19. The first kappa shape index (κ1) is 15.9. The molecule has 0 amide bonds. The Bertz CT molecular complexity index is 139. The minimum atomic E-state index is 0.362. The molecule has 0 fully saturated rings. The van der Waals surface area contributed by atoms with Crippen LogP contribution in [0.4, 0.5) is 0 Å². The molecule has 2 unspecified atom stereocenters. The molecule has 0 heterocycles. The Kier molecular flexibility index (Phi) is 11.3. The highest BCUT2D eigenvalue weighted by Gasteiger charge is 2.11. The highest BCUT2D eigenvalue weighted by Crippen LogP contribution is 2.14. The van der Waals surface area contributed by atoms with Gasteiger partial charge in [-0.1, -0.05) is 52.4 Å². The van der Waals surface area contributed by atoms with Crippen molar-refractivity contribution in [2.45, 2.75) is 71.3 Å². The lowest BCUT2D eigenvalue weighted by molar-refractivity contribution is 0.173. The zero-order chi connectivity index (χ0) is 12.2. The van der Waals surface area contributed by atoms with E-state index in [2.05, 4.69) is 13.8 Å². The number of methoxy groups -OCH3 is 1. The van der Waals surface area contributed by atoms with Gasteiger partial charge in [-0.3, -0.25) is 0 Å². The third-order valence-corrected chi connectivity index (χ3v) is 3.40. The molecule has 0 aromatic heterocycles. The molecule has 0 aromatic carbocycles. The van der Waals surface area contributed by atoms with Crippen molar-refractivity contribution in [2.24, 2.45) is 11.7 Å². The monoisotopic (exact) mass is 229 g/mol. The average molecular weight is 229 g/mol. The van der Waals surface area contributed by atoms with Crippen LogP contribution in [-0.4, -0.2) is 19.8 Å². The minimum absolute atomic E-state index is 0.362. The van der Waals surface area contributed by atoms with Crippen molar-refractivity contribution in [3.63, 3.8) is 0 Å². The largest absolute Gasteiger partial charge is 0.385 e. The molecule has 0 aromatic rings. The molecule has 2 atom stereocenters. The zero-order valence-electron chi connectivity index (χ0n) is 11.5. The molecule has 2 N–H and O–H groups in total. The molecule has 0 aliphatic rings. The van der Waals surface area contributed by atoms with Crippen molar-refractivity contribution in [1.82, 2.24) is 0 Å². The van der Waals surface area contributed by atoms with E-state index in [-0.39, 0.29) is 0 Å². The van der Waals surface area contributed by atoms with Crippen molar-refractivity contribution in [3.8, 4) is 0 Å². The average Bonchev–Trinajstić information content (AvgIpc) is 2.30. The summed E-state index contributed by atoms with van der Waals surface area (Å²) in [5.41, 5.74) is 6.14. The fourth-order valence-corrected chi connectivity index (χ4v) is 1.96. The second-order valence-corrected chi connectivity index (χ2v) is 4.98. The number of ether oxygens (including phenoxy) is 1. The van der Waals surface area contributed by atoms with Crippen LogP contribution in [0.5, 0.6) is 0 Å². The lowest BCUT2D eigenvalue weighted by atomic mass is 9.94. The standard InChI is InChI=1S/C14H31NO/c1-4-5-6-7-8-9-10-14(15)13(2)11-12-16-3/h13-14H,4-12,15H2,1-3H3. The molecule has 2 heteroatoms. The van der Waals surface area contributed by atoms with Crippen LogP contribution < -0.4 is 5.73 Å². The topological polar surface area (TPSA) is 35.2 Å². The number of rotatable bonds is 11. The maximum Gasteiger partial charge on any atom is 0.0465 e. The summed E-state index contributed by atoms with van der Waals surface area (Å²) < 4.78 is 5.08. The summed E-state index contributed by atoms with van der Waals surface area (Å²) in [5, 5.41) is 0. The van der Waals surface area contributed by atoms with Gasteiger partial charge in [-0.15, -0.1) is 0 Å². The van der Waals surface area contributed by atoms with Gasteiger partial charge >= 0.3 is 0 Å². The Labute approximate surface area is 102 Å². The van der Waals surface area contributed by atoms with Gasteiger partial charge in [0.15, 0.2) is 0 Å². The van der Waals surface area contributed by atoms with Gasteiger partial charge in [-0.25, -0.2) is 0 Å². The summed E-state index contributed by atoms with van der Waals surface area (Å²) in [5.74, 6) is 0.593. The summed E-state index contributed by atoms with van der Waals surface area (Å²) in [6.07, 6.45) is 10.4. The fraction of sp³-hybridized carbons (Fsp3) is 1.00. The zero-order valence-corrected chi connectivity index (χ0v) is 11.5. The van der Waals surface area contributed by atoms with Crippen LogP contribution in [0.3, 0.4) is 0 Å². The number of hydrogen-bond acceptors (Lipinski definition) is 2. The smallest absolute Gasteiger partial charge is 0.0465 e. The third-order valence-electron chi connectivity index (χ3n) is 3.40. The first-order valence-electron chi connectivity index (χ1n) is 6.96. The first-order valence-corrected chi connectivity index (χ1v) is 6.96. The van der Waals surface area contributed by atoms with Gasteiger partial charge in [0.25, 0.3) is 0 Å². The van der Waals surface area contributed by atoms with Crippen LogP contribution in [0.15, 0.2) is 0 Å². The Morgan fingerprint density at radius 3 is 2.25 bits per heavy atom. The molecule has 0 radical (unpaired) electrons. The van der Waals surface area contributed by atoms with E-state index in [9.17, 15) is 0 Å². The van der Waals surface area contributed by atoms with E-state index in [0.717, 1.165) is 13.0 Å². The van der Waals surface area contributed by atoms with E-state index in [1.165, 1.54) is 44.9 Å². The second kappa shape index (κ2) is 11.4. The maximum atomic E-state index is 6.14. The van der Waals surface area contributed by atoms with Crippen molar-refractivity contribution < 1.29 is 4.74 Å². The van der Waals surface area contributed by atoms with Gasteiger partial charge in [0.05, 0.1) is 0 Å². The molecule has 0 spiro atoms. The molecule has 98 valence electrons. The minimum Gasteiger partial charge on any atom is -0.385 e. The quantitative estimate of drug-likeness (QED) is 0.548. The van der Waals surface area contributed by atoms with E-state index in [0.29, 0.717) is 12.0 Å². The molecule has 16 heavy (non-hydrogen) atoms. The molecule has 2 nitrogen and oxygen atoms in total. The molecule has 0 rings (SSSR count). The third kappa shape index (κ3) is 9.17. The molecule has 0 bridgehead atoms. The summed E-state index contributed by atoms with van der Waals surface area (Å²) in [7, 11) is 1.76. The molecular formula is C14H31NO. The van der Waals surface area contributed by atoms with Gasteiger partial charge in [0.1, 0.15) is 0 Å². The number of hydrogen-bond donors (Lipinski definition) is 1. The fourth-order valence-electron chi connectivity index (χ4n) is 1.96. The van der Waals surface area contributed by atoms with Crippen LogP contribution in [0.2, 0.25) is 0 Å². The Balaban J connectivity index is 3.31. The van der Waals surface area contributed by atoms with Crippen LogP contribution >= 0.6 is 0 Å². The van der Waals surface area contributed by atoms with Crippen LogP contribution in [0.25, 0.3) is 0 Å². The Hall–Kier alpha value is -0.0800. The van der Waals surface area contributed by atoms with E-state index < -0.39 is 0 Å². The van der Waals surface area contributed by atoms with Gasteiger partial charge in [0, 0.05) is 19.8 Å². The van der Waals surface area contributed by atoms with Crippen molar-refractivity contribution >= 4 is 0 Å². The van der Waals surface area contributed by atoms with E-state index in [1.54, 1.807) is 7.11 Å². The van der Waals surface area contributed by atoms with Crippen molar-refractivity contribution in [2.75, 3.05) is 13.7 Å². The van der Waals surface area contributed by atoms with Crippen LogP contribution in [0.1, 0.15) is 65.2 Å². The molecule has 0 aliphatic heterocycles. The summed E-state index contributed by atoms with van der Waals surface area (Å²) in [6, 6.07) is 0.362. The van der Waals surface area contributed by atoms with E-state index >= 15 is 0 Å². The molecule has 0 aliphatic carbocycles. The molecule has 0 saturated heterocycles. The predicted molar refractivity (Wildman–Crippen MR) is 71.6 cm³/mol. The van der Waals surface area contributed by atoms with Gasteiger partial charge < -0.3 is 10.5 Å². The first-order chi connectivity index (χ1) is 7.72. The van der Waals surface area contributed by atoms with Gasteiger partial charge in [0.2, 0.25) is 0 Å². The van der Waals surface area contributed by atoms with Gasteiger partial charge in [-0.2, -0.15) is 0 Å². The Morgan fingerprint density at radius 2 is 1.62 bits per heavy atom.